The highest BCUT2D eigenvalue weighted by atomic mass is 79.9. The Kier molecular flexibility index (Phi) is 3.48. The lowest BCUT2D eigenvalue weighted by Gasteiger charge is -2.05. The molecule has 0 aromatic heterocycles. The molecule has 1 aromatic rings. The summed E-state index contributed by atoms with van der Waals surface area (Å²) in [6, 6.07) is 5.65. The molecule has 1 aromatic carbocycles. The number of halogens is 1. The highest BCUT2D eigenvalue weighted by Crippen LogP contribution is 2.21. The summed E-state index contributed by atoms with van der Waals surface area (Å²) in [4.78, 5) is 10.6. The van der Waals surface area contributed by atoms with Crippen LogP contribution >= 0.6 is 15.9 Å². The molecule has 0 unspecified atom stereocenters. The smallest absolute Gasteiger partial charge is 0.167 e. The lowest BCUT2D eigenvalue weighted by atomic mass is 10.2. The average molecular weight is 243 g/mol. The van der Waals surface area contributed by atoms with Crippen molar-refractivity contribution in [2.24, 2.45) is 0 Å². The van der Waals surface area contributed by atoms with Crippen molar-refractivity contribution in [1.29, 1.82) is 0 Å². The fraction of sp³-hybridized carbons (Fsp3) is 0.300. The summed E-state index contributed by atoms with van der Waals surface area (Å²) >= 11 is 3.39. The van der Waals surface area contributed by atoms with Gasteiger partial charge in [0.2, 0.25) is 0 Å². The highest BCUT2D eigenvalue weighted by molar-refractivity contribution is 9.10. The van der Waals surface area contributed by atoms with Crippen molar-refractivity contribution in [3.05, 3.63) is 28.2 Å². The van der Waals surface area contributed by atoms with E-state index in [1.54, 1.807) is 0 Å². The van der Waals surface area contributed by atoms with E-state index in [-0.39, 0.29) is 12.4 Å². The predicted molar refractivity (Wildman–Crippen MR) is 55.1 cm³/mol. The molecular weight excluding hydrogens is 232 g/mol. The molecule has 0 saturated carbocycles. The minimum atomic E-state index is 0.0247. The van der Waals surface area contributed by atoms with Gasteiger partial charge in [-0.3, -0.25) is 4.79 Å². The van der Waals surface area contributed by atoms with Crippen LogP contribution in [-0.2, 0) is 4.79 Å². The van der Waals surface area contributed by atoms with Crippen molar-refractivity contribution in [3.8, 4) is 5.75 Å². The molecule has 0 spiro atoms. The maximum absolute atomic E-state index is 10.6. The number of carbonyl (C=O) groups excluding carboxylic acids is 1. The summed E-state index contributed by atoms with van der Waals surface area (Å²) in [5.41, 5.74) is 1.15. The fourth-order valence-corrected chi connectivity index (χ4v) is 1.21. The number of ketones is 1. The second-order valence-electron chi connectivity index (χ2n) is 2.90. The lowest BCUT2D eigenvalue weighted by molar-refractivity contribution is -0.118. The van der Waals surface area contributed by atoms with E-state index in [0.29, 0.717) is 5.75 Å². The van der Waals surface area contributed by atoms with E-state index in [2.05, 4.69) is 15.9 Å². The largest absolute Gasteiger partial charge is 0.486 e. The number of hydrogen-bond acceptors (Lipinski definition) is 2. The van der Waals surface area contributed by atoms with Gasteiger partial charge in [0, 0.05) is 4.47 Å². The Bertz CT molecular complexity index is 321. The Labute approximate surface area is 86.0 Å². The van der Waals surface area contributed by atoms with Crippen molar-refractivity contribution in [1.82, 2.24) is 0 Å². The molecule has 13 heavy (non-hydrogen) atoms. The van der Waals surface area contributed by atoms with E-state index in [1.807, 2.05) is 25.1 Å². The van der Waals surface area contributed by atoms with Crippen LogP contribution in [-0.4, -0.2) is 12.4 Å². The molecule has 0 atom stereocenters. The third-order valence-electron chi connectivity index (χ3n) is 1.59. The van der Waals surface area contributed by atoms with Crippen LogP contribution in [0.15, 0.2) is 22.7 Å². The van der Waals surface area contributed by atoms with Gasteiger partial charge in [-0.25, -0.2) is 0 Å². The molecule has 0 bridgehead atoms. The summed E-state index contributed by atoms with van der Waals surface area (Å²) in [5, 5.41) is 0. The molecule has 0 radical (unpaired) electrons. The summed E-state index contributed by atoms with van der Waals surface area (Å²) in [5.74, 6) is 0.740. The Morgan fingerprint density at radius 2 is 2.23 bits per heavy atom. The van der Waals surface area contributed by atoms with E-state index in [4.69, 9.17) is 4.74 Å². The van der Waals surface area contributed by atoms with Gasteiger partial charge in [0.1, 0.15) is 12.4 Å². The van der Waals surface area contributed by atoms with Crippen molar-refractivity contribution >= 4 is 21.7 Å². The molecule has 0 heterocycles. The van der Waals surface area contributed by atoms with Crippen LogP contribution in [0.5, 0.6) is 5.75 Å². The van der Waals surface area contributed by atoms with Crippen LogP contribution in [0.3, 0.4) is 0 Å². The van der Waals surface area contributed by atoms with Crippen LogP contribution in [0.4, 0.5) is 0 Å². The number of carbonyl (C=O) groups is 1. The monoisotopic (exact) mass is 242 g/mol. The molecule has 0 aliphatic rings. The lowest BCUT2D eigenvalue weighted by Crippen LogP contribution is -2.06. The number of Topliss-reactive ketones (excluding diaryl/α,β-unsaturated/α-hetero) is 1. The molecule has 0 amide bonds. The quantitative estimate of drug-likeness (QED) is 0.815. The predicted octanol–water partition coefficient (Wildman–Crippen LogP) is 2.73. The Balaban J connectivity index is 2.68. The first-order chi connectivity index (χ1) is 6.09. The SMILES string of the molecule is CC(=O)COc1ccc(C)c(Br)c1. The van der Waals surface area contributed by atoms with Crippen LogP contribution in [0.2, 0.25) is 0 Å². The van der Waals surface area contributed by atoms with Gasteiger partial charge in [-0.15, -0.1) is 0 Å². The summed E-state index contributed by atoms with van der Waals surface area (Å²) in [6.45, 7) is 3.64. The van der Waals surface area contributed by atoms with Gasteiger partial charge < -0.3 is 4.74 Å². The minimum Gasteiger partial charge on any atom is -0.486 e. The van der Waals surface area contributed by atoms with Gasteiger partial charge in [-0.2, -0.15) is 0 Å². The highest BCUT2D eigenvalue weighted by Gasteiger charge is 1.99. The van der Waals surface area contributed by atoms with E-state index < -0.39 is 0 Å². The van der Waals surface area contributed by atoms with E-state index in [1.165, 1.54) is 6.92 Å². The molecule has 0 N–H and O–H groups in total. The first-order valence-electron chi connectivity index (χ1n) is 3.98. The summed E-state index contributed by atoms with van der Waals surface area (Å²) < 4.78 is 6.22. The number of hydrogen-bond donors (Lipinski definition) is 0. The van der Waals surface area contributed by atoms with Gasteiger partial charge in [-0.05, 0) is 31.5 Å². The van der Waals surface area contributed by atoms with Gasteiger partial charge in [0.25, 0.3) is 0 Å². The van der Waals surface area contributed by atoms with Crippen LogP contribution in [0.25, 0.3) is 0 Å². The zero-order valence-corrected chi connectivity index (χ0v) is 9.22. The zero-order chi connectivity index (χ0) is 9.84. The number of aryl methyl sites for hydroxylation is 1. The second kappa shape index (κ2) is 4.42. The van der Waals surface area contributed by atoms with Crippen LogP contribution in [0, 0.1) is 6.92 Å². The average Bonchev–Trinajstić information content (AvgIpc) is 2.07. The molecule has 1 rings (SSSR count). The van der Waals surface area contributed by atoms with Gasteiger partial charge in [0.05, 0.1) is 0 Å². The van der Waals surface area contributed by atoms with Crippen molar-refractivity contribution < 1.29 is 9.53 Å². The molecule has 0 aliphatic heterocycles. The third kappa shape index (κ3) is 3.19. The normalized spacial score (nSPS) is 9.77. The van der Waals surface area contributed by atoms with Crippen molar-refractivity contribution in [2.45, 2.75) is 13.8 Å². The van der Waals surface area contributed by atoms with Crippen molar-refractivity contribution in [2.75, 3.05) is 6.61 Å². The number of ether oxygens (including phenoxy) is 1. The number of rotatable bonds is 3. The van der Waals surface area contributed by atoms with Crippen LogP contribution < -0.4 is 4.74 Å². The fourth-order valence-electron chi connectivity index (χ4n) is 0.848. The molecule has 0 fully saturated rings. The first-order valence-corrected chi connectivity index (χ1v) is 4.77. The van der Waals surface area contributed by atoms with E-state index in [9.17, 15) is 4.79 Å². The molecule has 0 saturated heterocycles. The summed E-state index contributed by atoms with van der Waals surface area (Å²) in [7, 11) is 0. The van der Waals surface area contributed by atoms with Gasteiger partial charge >= 0.3 is 0 Å². The Morgan fingerprint density at radius 1 is 1.54 bits per heavy atom. The first kappa shape index (κ1) is 10.3. The number of benzene rings is 1. The molecule has 2 nitrogen and oxygen atoms in total. The van der Waals surface area contributed by atoms with Gasteiger partial charge in [-0.1, -0.05) is 22.0 Å². The summed E-state index contributed by atoms with van der Waals surface area (Å²) in [6.07, 6.45) is 0. The van der Waals surface area contributed by atoms with Crippen molar-refractivity contribution in [3.63, 3.8) is 0 Å². The maximum Gasteiger partial charge on any atom is 0.167 e. The standard InChI is InChI=1S/C10H11BrO2/c1-7-3-4-9(5-10(7)11)13-6-8(2)12/h3-5H,6H2,1-2H3. The van der Waals surface area contributed by atoms with Crippen LogP contribution in [0.1, 0.15) is 12.5 Å². The Morgan fingerprint density at radius 3 is 2.77 bits per heavy atom. The zero-order valence-electron chi connectivity index (χ0n) is 7.63. The topological polar surface area (TPSA) is 26.3 Å². The second-order valence-corrected chi connectivity index (χ2v) is 3.76. The molecule has 70 valence electrons. The molecule has 3 heteroatoms. The van der Waals surface area contributed by atoms with E-state index in [0.717, 1.165) is 10.0 Å². The van der Waals surface area contributed by atoms with Gasteiger partial charge in [0.15, 0.2) is 5.78 Å². The molecular formula is C10H11BrO2. The van der Waals surface area contributed by atoms with E-state index >= 15 is 0 Å². The maximum atomic E-state index is 10.6. The third-order valence-corrected chi connectivity index (χ3v) is 2.44. The molecule has 0 aliphatic carbocycles. The Hall–Kier alpha value is -0.830. The minimum absolute atomic E-state index is 0.0247.